The van der Waals surface area contributed by atoms with Crippen LogP contribution in [0.2, 0.25) is 0 Å². The van der Waals surface area contributed by atoms with Crippen molar-refractivity contribution < 1.29 is 13.9 Å². The highest BCUT2D eigenvalue weighted by Crippen LogP contribution is 2.24. The monoisotopic (exact) mass is 406 g/mol. The number of hydrogen-bond acceptors (Lipinski definition) is 5. The highest BCUT2D eigenvalue weighted by Gasteiger charge is 2.23. The summed E-state index contributed by atoms with van der Waals surface area (Å²) in [7, 11) is 0. The van der Waals surface area contributed by atoms with Gasteiger partial charge >= 0.3 is 0 Å². The quantitative estimate of drug-likeness (QED) is 0.656. The maximum atomic E-state index is 13.1. The zero-order valence-electron chi connectivity index (χ0n) is 17.0. The number of carbonyl (C=O) groups is 1. The molecule has 2 heterocycles. The van der Waals surface area contributed by atoms with Crippen LogP contribution in [-0.2, 0) is 0 Å². The topological polar surface area (TPSA) is 58.6 Å². The number of halogens is 1. The van der Waals surface area contributed by atoms with Crippen molar-refractivity contribution in [2.45, 2.75) is 13.8 Å². The van der Waals surface area contributed by atoms with E-state index >= 15 is 0 Å². The first-order valence-electron chi connectivity index (χ1n) is 9.88. The van der Waals surface area contributed by atoms with Crippen LogP contribution in [0.25, 0.3) is 0 Å². The van der Waals surface area contributed by atoms with Crippen molar-refractivity contribution in [3.05, 3.63) is 77.4 Å². The second-order valence-corrected chi connectivity index (χ2v) is 7.31. The molecule has 2 aromatic carbocycles. The number of piperazine rings is 1. The Hall–Kier alpha value is -3.48. The normalized spacial score (nSPS) is 14.0. The molecular formula is C23H23FN4O2. The van der Waals surface area contributed by atoms with Crippen LogP contribution in [0.1, 0.15) is 21.7 Å². The smallest absolute Gasteiger partial charge is 0.253 e. The van der Waals surface area contributed by atoms with E-state index in [9.17, 15) is 9.18 Å². The summed E-state index contributed by atoms with van der Waals surface area (Å²) in [5, 5.41) is 0. The summed E-state index contributed by atoms with van der Waals surface area (Å²) in [6.45, 7) is 6.28. The first-order chi connectivity index (χ1) is 14.5. The lowest BCUT2D eigenvalue weighted by atomic mass is 10.2. The molecule has 7 heteroatoms. The minimum atomic E-state index is -0.348. The molecular weight excluding hydrogens is 383 g/mol. The Morgan fingerprint density at radius 3 is 2.27 bits per heavy atom. The Labute approximate surface area is 174 Å². The molecule has 0 spiro atoms. The number of rotatable bonds is 4. The fourth-order valence-electron chi connectivity index (χ4n) is 3.38. The molecule has 6 nitrogen and oxygen atoms in total. The highest BCUT2D eigenvalue weighted by atomic mass is 19.1. The molecule has 1 aromatic heterocycles. The summed E-state index contributed by atoms with van der Waals surface area (Å²) in [6, 6.07) is 15.3. The van der Waals surface area contributed by atoms with E-state index in [1.54, 1.807) is 4.90 Å². The number of nitrogens with zero attached hydrogens (tertiary/aromatic N) is 4. The molecule has 154 valence electrons. The Morgan fingerprint density at radius 2 is 1.60 bits per heavy atom. The molecule has 0 atom stereocenters. The molecule has 0 bridgehead atoms. The van der Waals surface area contributed by atoms with Gasteiger partial charge in [0.2, 0.25) is 5.88 Å². The van der Waals surface area contributed by atoms with E-state index in [1.807, 2.05) is 44.2 Å². The van der Waals surface area contributed by atoms with E-state index in [1.165, 1.54) is 24.3 Å². The van der Waals surface area contributed by atoms with Crippen LogP contribution in [0.4, 0.5) is 10.2 Å². The fourth-order valence-corrected chi connectivity index (χ4v) is 3.38. The zero-order chi connectivity index (χ0) is 21.1. The molecule has 1 amide bonds. The molecule has 1 aliphatic rings. The average molecular weight is 406 g/mol. The Balaban J connectivity index is 1.42. The van der Waals surface area contributed by atoms with Crippen molar-refractivity contribution in [2.75, 3.05) is 31.1 Å². The maximum absolute atomic E-state index is 13.1. The van der Waals surface area contributed by atoms with Crippen molar-refractivity contribution in [1.29, 1.82) is 0 Å². The lowest BCUT2D eigenvalue weighted by Crippen LogP contribution is -2.49. The average Bonchev–Trinajstić information content (AvgIpc) is 2.75. The molecule has 0 unspecified atom stereocenters. The minimum Gasteiger partial charge on any atom is -0.439 e. The predicted molar refractivity (Wildman–Crippen MR) is 113 cm³/mol. The summed E-state index contributed by atoms with van der Waals surface area (Å²) in [4.78, 5) is 25.4. The van der Waals surface area contributed by atoms with E-state index in [-0.39, 0.29) is 11.7 Å². The summed E-state index contributed by atoms with van der Waals surface area (Å²) >= 11 is 0. The number of hydrogen-bond donors (Lipinski definition) is 0. The number of ether oxygens (including phenoxy) is 1. The number of carbonyl (C=O) groups excluding carboxylic acids is 1. The van der Waals surface area contributed by atoms with Crippen LogP contribution in [0.15, 0.2) is 54.6 Å². The lowest BCUT2D eigenvalue weighted by molar-refractivity contribution is 0.0746. The second-order valence-electron chi connectivity index (χ2n) is 7.31. The third-order valence-electron chi connectivity index (χ3n) is 5.03. The van der Waals surface area contributed by atoms with E-state index in [2.05, 4.69) is 14.9 Å². The van der Waals surface area contributed by atoms with Gasteiger partial charge < -0.3 is 14.5 Å². The molecule has 1 fully saturated rings. The molecule has 0 N–H and O–H groups in total. The lowest BCUT2D eigenvalue weighted by Gasteiger charge is -2.35. The van der Waals surface area contributed by atoms with Gasteiger partial charge in [-0.15, -0.1) is 0 Å². The van der Waals surface area contributed by atoms with E-state index in [0.717, 1.165) is 17.1 Å². The molecule has 4 rings (SSSR count). The van der Waals surface area contributed by atoms with Gasteiger partial charge in [-0.1, -0.05) is 17.7 Å². The van der Waals surface area contributed by atoms with Crippen molar-refractivity contribution >= 4 is 11.7 Å². The van der Waals surface area contributed by atoms with Gasteiger partial charge in [-0.05, 0) is 50.2 Å². The van der Waals surface area contributed by atoms with Gasteiger partial charge in [0.15, 0.2) is 0 Å². The molecule has 1 aliphatic heterocycles. The Morgan fingerprint density at radius 1 is 0.933 bits per heavy atom. The van der Waals surface area contributed by atoms with E-state index in [4.69, 9.17) is 4.74 Å². The third kappa shape index (κ3) is 4.56. The molecule has 1 saturated heterocycles. The first-order valence-corrected chi connectivity index (χ1v) is 9.88. The van der Waals surface area contributed by atoms with Crippen LogP contribution < -0.4 is 9.64 Å². The summed E-state index contributed by atoms with van der Waals surface area (Å²) in [5.41, 5.74) is 1.66. The molecule has 0 aliphatic carbocycles. The van der Waals surface area contributed by atoms with Gasteiger partial charge in [0.25, 0.3) is 5.91 Å². The van der Waals surface area contributed by atoms with Crippen LogP contribution >= 0.6 is 0 Å². The minimum absolute atomic E-state index is 0.0862. The van der Waals surface area contributed by atoms with Crippen LogP contribution in [-0.4, -0.2) is 47.0 Å². The van der Waals surface area contributed by atoms with Crippen LogP contribution in [0.3, 0.4) is 0 Å². The first kappa shape index (κ1) is 19.8. The fraction of sp³-hybridized carbons (Fsp3) is 0.261. The van der Waals surface area contributed by atoms with Gasteiger partial charge in [0, 0.05) is 37.8 Å². The second kappa shape index (κ2) is 8.49. The third-order valence-corrected chi connectivity index (χ3v) is 5.03. The maximum Gasteiger partial charge on any atom is 0.253 e. The Kier molecular flexibility index (Phi) is 5.61. The SMILES string of the molecule is Cc1ccc(Oc2cc(N3CCN(C(=O)c4ccc(F)cc4)CC3)nc(C)n2)cc1. The number of amides is 1. The van der Waals surface area contributed by atoms with Crippen LogP contribution in [0.5, 0.6) is 11.6 Å². The van der Waals surface area contributed by atoms with Crippen molar-refractivity contribution in [3.63, 3.8) is 0 Å². The molecule has 0 saturated carbocycles. The van der Waals surface area contributed by atoms with Gasteiger partial charge in [-0.3, -0.25) is 4.79 Å². The predicted octanol–water partition coefficient (Wildman–Crippen LogP) is 3.99. The van der Waals surface area contributed by atoms with Crippen molar-refractivity contribution in [3.8, 4) is 11.6 Å². The van der Waals surface area contributed by atoms with E-state index < -0.39 is 0 Å². The van der Waals surface area contributed by atoms with Crippen molar-refractivity contribution in [2.24, 2.45) is 0 Å². The highest BCUT2D eigenvalue weighted by molar-refractivity contribution is 5.94. The summed E-state index contributed by atoms with van der Waals surface area (Å²) < 4.78 is 19.0. The van der Waals surface area contributed by atoms with Gasteiger partial charge in [0.05, 0.1) is 0 Å². The van der Waals surface area contributed by atoms with E-state index in [0.29, 0.717) is 43.4 Å². The van der Waals surface area contributed by atoms with Crippen molar-refractivity contribution in [1.82, 2.24) is 14.9 Å². The van der Waals surface area contributed by atoms with Crippen LogP contribution in [0, 0.1) is 19.7 Å². The van der Waals surface area contributed by atoms with Gasteiger partial charge in [-0.25, -0.2) is 9.37 Å². The molecule has 3 aromatic rings. The van der Waals surface area contributed by atoms with Gasteiger partial charge in [-0.2, -0.15) is 4.98 Å². The summed E-state index contributed by atoms with van der Waals surface area (Å²) in [5.74, 6) is 2.18. The molecule has 0 radical (unpaired) electrons. The molecule has 30 heavy (non-hydrogen) atoms. The number of benzene rings is 2. The largest absolute Gasteiger partial charge is 0.439 e. The van der Waals surface area contributed by atoms with Gasteiger partial charge in [0.1, 0.15) is 23.2 Å². The number of anilines is 1. The number of aryl methyl sites for hydroxylation is 2. The standard InChI is InChI=1S/C23H23FN4O2/c1-16-3-9-20(10-4-16)30-22-15-21(25-17(2)26-22)27-11-13-28(14-12-27)23(29)18-5-7-19(24)8-6-18/h3-10,15H,11-14H2,1-2H3. The Bertz CT molecular complexity index is 1030. The summed E-state index contributed by atoms with van der Waals surface area (Å²) in [6.07, 6.45) is 0. The number of aromatic nitrogens is 2. The zero-order valence-corrected chi connectivity index (χ0v) is 17.0.